The van der Waals surface area contributed by atoms with E-state index in [9.17, 15) is 17.2 Å². The number of benzene rings is 2. The molecule has 0 amide bonds. The van der Waals surface area contributed by atoms with Crippen molar-refractivity contribution in [1.29, 1.82) is 0 Å². The van der Waals surface area contributed by atoms with Crippen LogP contribution in [0.4, 0.5) is 14.5 Å². The summed E-state index contributed by atoms with van der Waals surface area (Å²) in [6, 6.07) is 11.9. The minimum Gasteiger partial charge on any atom is -0.366 e. The number of guanidine groups is 1. The normalized spacial score (nSPS) is 15.4. The second-order valence-electron chi connectivity index (χ2n) is 7.03. The molecule has 1 heterocycles. The molecule has 162 valence electrons. The molecule has 0 unspecified atom stereocenters. The first-order valence-corrected chi connectivity index (χ1v) is 11.5. The number of halogens is 2. The van der Waals surface area contributed by atoms with Gasteiger partial charge in [-0.3, -0.25) is 4.99 Å². The number of nitrogens with one attached hydrogen (secondary N) is 1. The molecule has 1 aliphatic rings. The van der Waals surface area contributed by atoms with Gasteiger partial charge in [0.2, 0.25) is 0 Å². The van der Waals surface area contributed by atoms with Crippen molar-refractivity contribution >= 4 is 21.5 Å². The quantitative estimate of drug-likeness (QED) is 0.428. The van der Waals surface area contributed by atoms with E-state index < -0.39 is 21.5 Å². The molecule has 2 aromatic carbocycles. The molecule has 0 aliphatic carbocycles. The van der Waals surface area contributed by atoms with Crippen molar-refractivity contribution in [3.63, 3.8) is 0 Å². The summed E-state index contributed by atoms with van der Waals surface area (Å²) in [5.41, 5.74) is 0.267. The number of anilines is 1. The lowest BCUT2D eigenvalue weighted by Gasteiger charge is -2.37. The molecular weight excluding hydrogens is 410 g/mol. The zero-order valence-corrected chi connectivity index (χ0v) is 17.7. The van der Waals surface area contributed by atoms with Gasteiger partial charge in [0.1, 0.15) is 11.6 Å². The fraction of sp³-hybridized carbons (Fsp3) is 0.381. The van der Waals surface area contributed by atoms with E-state index in [1.165, 1.54) is 6.07 Å². The fourth-order valence-corrected chi connectivity index (χ4v) is 4.76. The first-order valence-electron chi connectivity index (χ1n) is 9.84. The predicted molar refractivity (Wildman–Crippen MR) is 115 cm³/mol. The summed E-state index contributed by atoms with van der Waals surface area (Å²) in [6.07, 6.45) is 0.449. The highest BCUT2D eigenvalue weighted by Gasteiger charge is 2.22. The maximum absolute atomic E-state index is 14.0. The van der Waals surface area contributed by atoms with Gasteiger partial charge in [-0.1, -0.05) is 18.2 Å². The average molecular weight is 437 g/mol. The third-order valence-corrected chi connectivity index (χ3v) is 6.83. The van der Waals surface area contributed by atoms with Gasteiger partial charge in [-0.25, -0.2) is 17.2 Å². The standard InChI is InChI=1S/C21H26F2N4O2S/c1-24-21(25-10-5-15-30(28,29)18-6-3-2-4-7-18)27-13-11-26(12-14-27)20-16-17(22)8-9-19(20)23/h2-4,6-9,16H,5,10-15H2,1H3,(H,24,25). The predicted octanol–water partition coefficient (Wildman–Crippen LogP) is 2.53. The summed E-state index contributed by atoms with van der Waals surface area (Å²) >= 11 is 0. The zero-order valence-electron chi connectivity index (χ0n) is 16.9. The lowest BCUT2D eigenvalue weighted by Crippen LogP contribution is -2.53. The van der Waals surface area contributed by atoms with Gasteiger partial charge >= 0.3 is 0 Å². The van der Waals surface area contributed by atoms with Gasteiger partial charge in [0.25, 0.3) is 0 Å². The number of piperazine rings is 1. The van der Waals surface area contributed by atoms with Crippen LogP contribution in [0.5, 0.6) is 0 Å². The van der Waals surface area contributed by atoms with Gasteiger partial charge in [0.15, 0.2) is 15.8 Å². The van der Waals surface area contributed by atoms with Crippen molar-refractivity contribution in [3.05, 3.63) is 60.2 Å². The zero-order chi connectivity index (χ0) is 21.6. The van der Waals surface area contributed by atoms with Crippen LogP contribution < -0.4 is 10.2 Å². The minimum atomic E-state index is -3.30. The molecule has 0 atom stereocenters. The molecule has 0 bridgehead atoms. The Morgan fingerprint density at radius 2 is 1.77 bits per heavy atom. The van der Waals surface area contributed by atoms with Crippen molar-refractivity contribution in [2.45, 2.75) is 11.3 Å². The molecule has 1 aliphatic heterocycles. The summed E-state index contributed by atoms with van der Waals surface area (Å²) in [7, 11) is -1.63. The molecule has 0 saturated carbocycles. The monoisotopic (exact) mass is 436 g/mol. The molecule has 9 heteroatoms. The van der Waals surface area contributed by atoms with Crippen LogP contribution >= 0.6 is 0 Å². The number of aliphatic imine (C=N–C) groups is 1. The van der Waals surface area contributed by atoms with Crippen LogP contribution in [-0.4, -0.2) is 64.8 Å². The van der Waals surface area contributed by atoms with Crippen LogP contribution in [0, 0.1) is 11.6 Å². The lowest BCUT2D eigenvalue weighted by atomic mass is 10.2. The molecule has 0 spiro atoms. The topological polar surface area (TPSA) is 65.0 Å². The lowest BCUT2D eigenvalue weighted by molar-refractivity contribution is 0.370. The smallest absolute Gasteiger partial charge is 0.193 e. The second-order valence-corrected chi connectivity index (χ2v) is 9.14. The summed E-state index contributed by atoms with van der Waals surface area (Å²) in [4.78, 5) is 8.43. The fourth-order valence-electron chi connectivity index (χ4n) is 3.43. The summed E-state index contributed by atoms with van der Waals surface area (Å²) in [5.74, 6) is -0.177. The van der Waals surface area contributed by atoms with Crippen LogP contribution in [0.1, 0.15) is 6.42 Å². The van der Waals surface area contributed by atoms with Crippen molar-refractivity contribution < 1.29 is 17.2 Å². The highest BCUT2D eigenvalue weighted by Crippen LogP contribution is 2.22. The van der Waals surface area contributed by atoms with E-state index in [1.54, 1.807) is 37.4 Å². The Morgan fingerprint density at radius 1 is 1.07 bits per heavy atom. The van der Waals surface area contributed by atoms with Crippen LogP contribution in [0.15, 0.2) is 58.4 Å². The molecule has 0 radical (unpaired) electrons. The van der Waals surface area contributed by atoms with Crippen molar-refractivity contribution in [2.24, 2.45) is 4.99 Å². The van der Waals surface area contributed by atoms with E-state index in [0.29, 0.717) is 50.0 Å². The van der Waals surface area contributed by atoms with E-state index >= 15 is 0 Å². The van der Waals surface area contributed by atoms with Crippen molar-refractivity contribution in [2.75, 3.05) is 50.4 Å². The number of rotatable bonds is 6. The Morgan fingerprint density at radius 3 is 2.43 bits per heavy atom. The molecule has 6 nitrogen and oxygen atoms in total. The molecule has 1 saturated heterocycles. The SMILES string of the molecule is CN=C(NCCCS(=O)(=O)c1ccccc1)N1CCN(c2cc(F)ccc2F)CC1. The number of sulfone groups is 1. The molecule has 3 rings (SSSR count). The molecule has 30 heavy (non-hydrogen) atoms. The van der Waals surface area contributed by atoms with E-state index in [-0.39, 0.29) is 11.4 Å². The Bertz CT molecular complexity index is 976. The van der Waals surface area contributed by atoms with Crippen molar-refractivity contribution in [1.82, 2.24) is 10.2 Å². The highest BCUT2D eigenvalue weighted by atomic mass is 32.2. The number of nitrogens with zero attached hydrogens (tertiary/aromatic N) is 3. The average Bonchev–Trinajstić information content (AvgIpc) is 2.76. The largest absolute Gasteiger partial charge is 0.366 e. The van der Waals surface area contributed by atoms with E-state index in [4.69, 9.17) is 0 Å². The Hall–Kier alpha value is -2.68. The van der Waals surface area contributed by atoms with Crippen LogP contribution in [0.2, 0.25) is 0 Å². The van der Waals surface area contributed by atoms with Crippen LogP contribution in [-0.2, 0) is 9.84 Å². The van der Waals surface area contributed by atoms with E-state index in [2.05, 4.69) is 10.3 Å². The van der Waals surface area contributed by atoms with Gasteiger partial charge in [0.05, 0.1) is 16.3 Å². The first-order chi connectivity index (χ1) is 14.4. The third-order valence-electron chi connectivity index (χ3n) is 5.02. The maximum Gasteiger partial charge on any atom is 0.193 e. The Labute approximate surface area is 176 Å². The second kappa shape index (κ2) is 9.88. The summed E-state index contributed by atoms with van der Waals surface area (Å²) in [6.45, 7) is 2.72. The molecule has 1 N–H and O–H groups in total. The number of hydrogen-bond donors (Lipinski definition) is 1. The van der Waals surface area contributed by atoms with Gasteiger partial charge in [-0.2, -0.15) is 0 Å². The minimum absolute atomic E-state index is 0.0492. The molecule has 1 fully saturated rings. The van der Waals surface area contributed by atoms with E-state index in [0.717, 1.165) is 12.1 Å². The van der Waals surface area contributed by atoms with Crippen LogP contribution in [0.25, 0.3) is 0 Å². The molecular formula is C21H26F2N4O2S. The van der Waals surface area contributed by atoms with Gasteiger partial charge in [-0.15, -0.1) is 0 Å². The third kappa shape index (κ3) is 5.47. The van der Waals surface area contributed by atoms with Crippen molar-refractivity contribution in [3.8, 4) is 0 Å². The van der Waals surface area contributed by atoms with Crippen LogP contribution in [0.3, 0.4) is 0 Å². The van der Waals surface area contributed by atoms with E-state index in [1.807, 2.05) is 9.80 Å². The summed E-state index contributed by atoms with van der Waals surface area (Å²) in [5, 5.41) is 3.20. The number of hydrogen-bond acceptors (Lipinski definition) is 4. The molecule has 2 aromatic rings. The maximum atomic E-state index is 14.0. The van der Waals surface area contributed by atoms with Gasteiger partial charge < -0.3 is 15.1 Å². The Kier molecular flexibility index (Phi) is 7.25. The highest BCUT2D eigenvalue weighted by molar-refractivity contribution is 7.91. The molecule has 0 aromatic heterocycles. The Balaban J connectivity index is 1.48. The first kappa shape index (κ1) is 22.0. The van der Waals surface area contributed by atoms with Gasteiger partial charge in [-0.05, 0) is 30.7 Å². The summed E-state index contributed by atoms with van der Waals surface area (Å²) < 4.78 is 52.1. The van der Waals surface area contributed by atoms with Gasteiger partial charge in [0, 0.05) is 45.8 Å².